The summed E-state index contributed by atoms with van der Waals surface area (Å²) >= 11 is 0. The Kier molecular flexibility index (Phi) is 2.71. The number of halogens is 1. The zero-order chi connectivity index (χ0) is 11.7. The fourth-order valence-electron chi connectivity index (χ4n) is 1.39. The molecule has 0 bridgehead atoms. The zero-order valence-corrected chi connectivity index (χ0v) is 8.21. The number of aromatic nitrogens is 2. The van der Waals surface area contributed by atoms with Gasteiger partial charge < -0.3 is 15.6 Å². The molecule has 1 aliphatic heterocycles. The van der Waals surface area contributed by atoms with E-state index in [1.807, 2.05) is 0 Å². The van der Waals surface area contributed by atoms with Gasteiger partial charge in [0.1, 0.15) is 6.10 Å². The highest BCUT2D eigenvalue weighted by Crippen LogP contribution is 2.19. The second-order valence-corrected chi connectivity index (χ2v) is 3.30. The molecule has 0 saturated heterocycles. The number of aliphatic hydroxyl groups is 1. The standard InChI is InChI=1S/C9H10FN3O3/c10-6-3-13(9(15)12-8(6)11)7-2-1-5(4-14)16-7/h1-3,5,7,14H,4H2,(H2,11,12,15)/i9+1,12+1,13+1. The Morgan fingerprint density at radius 1 is 1.62 bits per heavy atom. The second-order valence-electron chi connectivity index (χ2n) is 3.30. The smallest absolute Gasteiger partial charge is 0.352 e. The average Bonchev–Trinajstić information content (AvgIpc) is 2.71. The van der Waals surface area contributed by atoms with E-state index in [0.29, 0.717) is 0 Å². The summed E-state index contributed by atoms with van der Waals surface area (Å²) in [5.74, 6) is -1.23. The molecule has 16 heavy (non-hydrogen) atoms. The largest absolute Gasteiger partial charge is 0.393 e. The van der Waals surface area contributed by atoms with Gasteiger partial charge in [-0.15, -0.1) is 0 Å². The Hall–Kier alpha value is -1.73. The van der Waals surface area contributed by atoms with Crippen molar-refractivity contribution in [2.24, 2.45) is 0 Å². The molecular weight excluding hydrogens is 220 g/mol. The monoisotopic (exact) mass is 230 g/mol. The number of hydrogen-bond donors (Lipinski definition) is 2. The highest BCUT2D eigenvalue weighted by atomic mass is 19.1. The summed E-state index contributed by atoms with van der Waals surface area (Å²) in [6, 6.07) is 0. The highest BCUT2D eigenvalue weighted by molar-refractivity contribution is 5.26. The van der Waals surface area contributed by atoms with Crippen LogP contribution in [0, 0.1) is 5.82 Å². The summed E-state index contributed by atoms with van der Waals surface area (Å²) in [4.78, 5) is 14.7. The van der Waals surface area contributed by atoms with Gasteiger partial charge in [0.05, 0.1) is 12.8 Å². The van der Waals surface area contributed by atoms with Crippen LogP contribution in [0.15, 0.2) is 23.1 Å². The van der Waals surface area contributed by atoms with Crippen LogP contribution in [0.25, 0.3) is 0 Å². The Morgan fingerprint density at radius 3 is 3.00 bits per heavy atom. The molecule has 1 aromatic heterocycles. The first kappa shape index (κ1) is 10.8. The third-order valence-electron chi connectivity index (χ3n) is 2.19. The summed E-state index contributed by atoms with van der Waals surface area (Å²) < 4.78 is 19.3. The van der Waals surface area contributed by atoms with E-state index in [2.05, 4.69) is 4.98 Å². The minimum Gasteiger partial charge on any atom is -0.393 e. The van der Waals surface area contributed by atoms with E-state index >= 15 is 0 Å². The summed E-state index contributed by atoms with van der Waals surface area (Å²) in [5, 5.41) is 8.83. The van der Waals surface area contributed by atoms with Crippen LogP contribution in [0.4, 0.5) is 10.2 Å². The van der Waals surface area contributed by atoms with Crippen molar-refractivity contribution in [3.05, 3.63) is 34.7 Å². The first-order chi connectivity index (χ1) is 7.61. The van der Waals surface area contributed by atoms with E-state index in [-0.39, 0.29) is 6.61 Å². The topological polar surface area (TPSA) is 90.4 Å². The van der Waals surface area contributed by atoms with E-state index in [9.17, 15) is 9.18 Å². The predicted molar refractivity (Wildman–Crippen MR) is 53.0 cm³/mol. The molecular formula is C9H10FN3O3. The second kappa shape index (κ2) is 4.03. The molecule has 0 radical (unpaired) electrons. The van der Waals surface area contributed by atoms with Crippen LogP contribution in [0.3, 0.4) is 0 Å². The van der Waals surface area contributed by atoms with Crippen molar-refractivity contribution in [1.29, 1.82) is 0 Å². The van der Waals surface area contributed by atoms with Crippen molar-refractivity contribution in [3.63, 3.8) is 0 Å². The van der Waals surface area contributed by atoms with Crippen LogP contribution in [-0.2, 0) is 4.74 Å². The van der Waals surface area contributed by atoms with Gasteiger partial charge in [-0.2, -0.15) is 4.98 Å². The van der Waals surface area contributed by atoms with Crippen LogP contribution >= 0.6 is 0 Å². The van der Waals surface area contributed by atoms with E-state index in [0.717, 1.165) is 10.8 Å². The van der Waals surface area contributed by atoms with Gasteiger partial charge in [-0.05, 0) is 6.08 Å². The van der Waals surface area contributed by atoms with Crippen LogP contribution in [0.5, 0.6) is 0 Å². The normalized spacial score (nSPS) is 23.9. The van der Waals surface area contributed by atoms with Crippen molar-refractivity contribution in [1.82, 2.24) is 9.55 Å². The van der Waals surface area contributed by atoms with Gasteiger partial charge in [0, 0.05) is 0 Å². The molecule has 0 aromatic carbocycles. The first-order valence-corrected chi connectivity index (χ1v) is 4.60. The number of rotatable bonds is 2. The maximum absolute atomic E-state index is 13.1. The van der Waals surface area contributed by atoms with Crippen molar-refractivity contribution in [3.8, 4) is 0 Å². The minimum atomic E-state index is -0.788. The zero-order valence-electron chi connectivity index (χ0n) is 8.21. The van der Waals surface area contributed by atoms with E-state index in [1.165, 1.54) is 0 Å². The van der Waals surface area contributed by atoms with Gasteiger partial charge >= 0.3 is 5.69 Å². The molecule has 7 heteroatoms. The maximum Gasteiger partial charge on any atom is 0.352 e. The first-order valence-electron chi connectivity index (χ1n) is 4.60. The van der Waals surface area contributed by atoms with E-state index < -0.39 is 29.7 Å². The van der Waals surface area contributed by atoms with Crippen LogP contribution in [0.1, 0.15) is 6.23 Å². The van der Waals surface area contributed by atoms with Crippen LogP contribution in [0.2, 0.25) is 0 Å². The SMILES string of the molecule is Nc1[15n][13c](=O)[15n](C2C=CC(CO)O2)cc1F. The summed E-state index contributed by atoms with van der Waals surface area (Å²) in [6.45, 7) is -0.202. The molecule has 2 heterocycles. The molecule has 1 aromatic rings. The Balaban J connectivity index is 2.33. The number of nitrogens with zero attached hydrogens (tertiary/aromatic N) is 2. The third-order valence-corrected chi connectivity index (χ3v) is 2.19. The van der Waals surface area contributed by atoms with E-state index in [1.54, 1.807) is 12.2 Å². The van der Waals surface area contributed by atoms with Gasteiger partial charge in [0.25, 0.3) is 0 Å². The van der Waals surface area contributed by atoms with Gasteiger partial charge in [0.2, 0.25) is 0 Å². The number of aliphatic hydroxyl groups excluding tert-OH is 1. The lowest BCUT2D eigenvalue weighted by Crippen LogP contribution is -2.29. The maximum atomic E-state index is 13.1. The number of hydrogen-bond acceptors (Lipinski definition) is 5. The fraction of sp³-hybridized carbons (Fsp3) is 0.333. The van der Waals surface area contributed by atoms with Gasteiger partial charge in [-0.25, -0.2) is 9.18 Å². The van der Waals surface area contributed by atoms with Gasteiger partial charge in [-0.3, -0.25) is 4.57 Å². The van der Waals surface area contributed by atoms with Gasteiger partial charge in [-0.1, -0.05) is 6.08 Å². The fourth-order valence-corrected chi connectivity index (χ4v) is 1.39. The lowest BCUT2D eigenvalue weighted by Gasteiger charge is -2.14. The molecule has 1 aliphatic rings. The molecule has 0 fully saturated rings. The molecule has 3 N–H and O–H groups in total. The molecule has 2 atom stereocenters. The Morgan fingerprint density at radius 2 is 2.38 bits per heavy atom. The third kappa shape index (κ3) is 1.82. The van der Waals surface area contributed by atoms with E-state index in [4.69, 9.17) is 15.6 Å². The molecule has 6 nitrogen and oxygen atoms in total. The van der Waals surface area contributed by atoms with Crippen LogP contribution in [-0.4, -0.2) is 27.4 Å². The lowest BCUT2D eigenvalue weighted by molar-refractivity contribution is -0.0106. The Bertz CT molecular complexity index is 485. The Labute approximate surface area is 89.8 Å². The molecule has 2 rings (SSSR count). The highest BCUT2D eigenvalue weighted by Gasteiger charge is 2.21. The number of ether oxygens (including phenoxy) is 1. The minimum absolute atomic E-state index is 0.202. The number of anilines is 1. The van der Waals surface area contributed by atoms with Crippen LogP contribution < -0.4 is 11.4 Å². The van der Waals surface area contributed by atoms with Crippen molar-refractivity contribution >= 4 is 5.82 Å². The molecule has 0 aliphatic carbocycles. The molecule has 86 valence electrons. The molecule has 0 spiro atoms. The summed E-state index contributed by atoms with van der Waals surface area (Å²) in [5.41, 5.74) is 4.44. The number of nitrogen functional groups attached to an aromatic ring is 1. The quantitative estimate of drug-likeness (QED) is 0.663. The average molecular weight is 230 g/mol. The van der Waals surface area contributed by atoms with Crippen molar-refractivity contribution in [2.75, 3.05) is 12.3 Å². The summed E-state index contributed by atoms with van der Waals surface area (Å²) in [6.07, 6.45) is 2.81. The molecule has 0 amide bonds. The lowest BCUT2D eigenvalue weighted by atomic mass is 10.4. The predicted octanol–water partition coefficient (Wildman–Crippen LogP) is -0.590. The molecule has 2 unspecified atom stereocenters. The van der Waals surface area contributed by atoms with Crippen molar-refractivity contribution in [2.45, 2.75) is 12.3 Å². The van der Waals surface area contributed by atoms with Gasteiger partial charge in [0.15, 0.2) is 17.9 Å². The molecule has 0 saturated carbocycles. The number of nitrogens with two attached hydrogens (primary N) is 1. The van der Waals surface area contributed by atoms with Crippen molar-refractivity contribution < 1.29 is 14.2 Å². The summed E-state index contributed by atoms with van der Waals surface area (Å²) in [7, 11) is 0.